The summed E-state index contributed by atoms with van der Waals surface area (Å²) in [4.78, 5) is 0.249. The number of rotatable bonds is 4. The Morgan fingerprint density at radius 1 is 1.23 bits per heavy atom. The van der Waals surface area contributed by atoms with E-state index < -0.39 is 10.0 Å². The minimum absolute atomic E-state index is 0.0201. The molecule has 0 aliphatic carbocycles. The van der Waals surface area contributed by atoms with Crippen LogP contribution >= 0.6 is 11.6 Å². The van der Waals surface area contributed by atoms with Gasteiger partial charge in [0.05, 0.1) is 9.92 Å². The Labute approximate surface area is 159 Å². The van der Waals surface area contributed by atoms with Crippen LogP contribution in [0.2, 0.25) is 5.02 Å². The van der Waals surface area contributed by atoms with Crippen molar-refractivity contribution < 1.29 is 13.2 Å². The van der Waals surface area contributed by atoms with Crippen molar-refractivity contribution in [1.29, 1.82) is 0 Å². The van der Waals surface area contributed by atoms with Crippen LogP contribution < -0.4 is 10.1 Å². The van der Waals surface area contributed by atoms with Crippen LogP contribution in [0.4, 0.5) is 5.69 Å². The van der Waals surface area contributed by atoms with E-state index in [9.17, 15) is 8.42 Å². The highest BCUT2D eigenvalue weighted by Gasteiger charge is 2.34. The zero-order valence-electron chi connectivity index (χ0n) is 14.5. The fraction of sp³-hybridized carbons (Fsp3) is 0.368. The van der Waals surface area contributed by atoms with E-state index in [1.54, 1.807) is 6.07 Å². The lowest BCUT2D eigenvalue weighted by atomic mass is 10.1. The van der Waals surface area contributed by atoms with E-state index in [1.807, 2.05) is 37.3 Å². The first-order valence-corrected chi connectivity index (χ1v) is 10.6. The van der Waals surface area contributed by atoms with Crippen molar-refractivity contribution in [2.75, 3.05) is 18.4 Å². The Bertz CT molecular complexity index is 918. The zero-order chi connectivity index (χ0) is 18.3. The summed E-state index contributed by atoms with van der Waals surface area (Å²) in [5.41, 5.74) is 1.87. The van der Waals surface area contributed by atoms with Crippen LogP contribution in [-0.4, -0.2) is 38.0 Å². The molecule has 2 atom stereocenters. The molecule has 2 aliphatic heterocycles. The van der Waals surface area contributed by atoms with Crippen LogP contribution in [0, 0.1) is 0 Å². The van der Waals surface area contributed by atoms with Crippen LogP contribution in [0.5, 0.6) is 5.75 Å². The molecule has 2 heterocycles. The summed E-state index contributed by atoms with van der Waals surface area (Å²) in [6, 6.07) is 13.2. The molecule has 0 saturated carbocycles. The van der Waals surface area contributed by atoms with Gasteiger partial charge in [-0.15, -0.1) is 0 Å². The lowest BCUT2D eigenvalue weighted by Gasteiger charge is -2.18. The third kappa shape index (κ3) is 3.29. The monoisotopic (exact) mass is 392 g/mol. The largest absolute Gasteiger partial charge is 0.489 e. The van der Waals surface area contributed by atoms with Gasteiger partial charge < -0.3 is 10.1 Å². The first kappa shape index (κ1) is 17.6. The molecule has 4 rings (SSSR count). The van der Waals surface area contributed by atoms with E-state index in [0.29, 0.717) is 30.3 Å². The summed E-state index contributed by atoms with van der Waals surface area (Å²) in [5.74, 6) is 0.614. The minimum Gasteiger partial charge on any atom is -0.489 e. The molecule has 7 heteroatoms. The summed E-state index contributed by atoms with van der Waals surface area (Å²) < 4.78 is 33.3. The van der Waals surface area contributed by atoms with Gasteiger partial charge in [0.15, 0.2) is 0 Å². The Hall–Kier alpha value is -1.76. The second-order valence-corrected chi connectivity index (χ2v) is 9.23. The van der Waals surface area contributed by atoms with E-state index in [2.05, 4.69) is 5.32 Å². The van der Waals surface area contributed by atoms with Crippen molar-refractivity contribution in [2.45, 2.75) is 36.8 Å². The Kier molecular flexibility index (Phi) is 4.59. The summed E-state index contributed by atoms with van der Waals surface area (Å²) in [6.07, 6.45) is 1.47. The number of halogens is 1. The number of ether oxygens (including phenoxy) is 1. The van der Waals surface area contributed by atoms with E-state index >= 15 is 0 Å². The van der Waals surface area contributed by atoms with Crippen molar-refractivity contribution in [2.24, 2.45) is 0 Å². The second kappa shape index (κ2) is 6.76. The molecule has 0 bridgehead atoms. The van der Waals surface area contributed by atoms with Gasteiger partial charge in [0.2, 0.25) is 10.0 Å². The molecule has 2 aliphatic rings. The number of nitrogens with one attached hydrogen (secondary N) is 1. The number of hydrogen-bond acceptors (Lipinski definition) is 4. The highest BCUT2D eigenvalue weighted by molar-refractivity contribution is 7.89. The predicted octanol–water partition coefficient (Wildman–Crippen LogP) is 3.54. The van der Waals surface area contributed by atoms with Crippen molar-refractivity contribution in [3.05, 3.63) is 53.1 Å². The lowest BCUT2D eigenvalue weighted by molar-refractivity contribution is 0.255. The molecule has 1 fully saturated rings. The topological polar surface area (TPSA) is 58.6 Å². The minimum atomic E-state index is -3.57. The van der Waals surface area contributed by atoms with Crippen molar-refractivity contribution in [3.8, 4) is 5.75 Å². The number of hydrogen-bond donors (Lipinski definition) is 1. The van der Waals surface area contributed by atoms with Crippen molar-refractivity contribution in [3.63, 3.8) is 0 Å². The maximum atomic E-state index is 13.1. The van der Waals surface area contributed by atoms with E-state index in [0.717, 1.165) is 17.7 Å². The number of sulfonamides is 1. The molecular weight excluding hydrogens is 372 g/mol. The van der Waals surface area contributed by atoms with Gasteiger partial charge >= 0.3 is 0 Å². The highest BCUT2D eigenvalue weighted by atomic mass is 35.5. The maximum Gasteiger partial charge on any atom is 0.243 e. The molecule has 0 unspecified atom stereocenters. The van der Waals surface area contributed by atoms with Crippen LogP contribution in [-0.2, 0) is 16.4 Å². The molecule has 0 radical (unpaired) electrons. The van der Waals surface area contributed by atoms with Crippen molar-refractivity contribution >= 4 is 27.3 Å². The van der Waals surface area contributed by atoms with Crippen LogP contribution in [0.1, 0.15) is 18.9 Å². The average molecular weight is 393 g/mol. The Morgan fingerprint density at radius 3 is 2.77 bits per heavy atom. The molecule has 1 saturated heterocycles. The smallest absolute Gasteiger partial charge is 0.243 e. The molecule has 26 heavy (non-hydrogen) atoms. The molecule has 138 valence electrons. The molecule has 0 aromatic heterocycles. The summed E-state index contributed by atoms with van der Waals surface area (Å²) in [7, 11) is -3.57. The standard InChI is InChI=1S/C19H21ClN2O3S/c1-13-9-14-10-17(11-18(20)19(14)25-13)26(23,24)22-8-7-16(12-22)21-15-5-3-2-4-6-15/h2-6,10-11,13,16,21H,7-9,12H2,1H3/t13-,16-/m0/s1. The van der Waals surface area contributed by atoms with Gasteiger partial charge in [-0.3, -0.25) is 0 Å². The molecular formula is C19H21ClN2O3S. The van der Waals surface area contributed by atoms with Crippen LogP contribution in [0.3, 0.4) is 0 Å². The van der Waals surface area contributed by atoms with Gasteiger partial charge in [0.25, 0.3) is 0 Å². The van der Waals surface area contributed by atoms with Gasteiger partial charge in [-0.1, -0.05) is 29.8 Å². The van der Waals surface area contributed by atoms with Crippen LogP contribution in [0.15, 0.2) is 47.4 Å². The fourth-order valence-electron chi connectivity index (χ4n) is 3.59. The predicted molar refractivity (Wildman–Crippen MR) is 102 cm³/mol. The Balaban J connectivity index is 1.53. The maximum absolute atomic E-state index is 13.1. The zero-order valence-corrected chi connectivity index (χ0v) is 16.1. The summed E-state index contributed by atoms with van der Waals surface area (Å²) >= 11 is 6.27. The van der Waals surface area contributed by atoms with E-state index in [-0.39, 0.29) is 17.0 Å². The average Bonchev–Trinajstić information content (AvgIpc) is 3.22. The highest BCUT2D eigenvalue weighted by Crippen LogP contribution is 2.39. The fourth-order valence-corrected chi connectivity index (χ4v) is 5.52. The first-order valence-electron chi connectivity index (χ1n) is 8.74. The number of nitrogens with zero attached hydrogens (tertiary/aromatic N) is 1. The van der Waals surface area contributed by atoms with Crippen LogP contribution in [0.25, 0.3) is 0 Å². The number of para-hydroxylation sites is 1. The summed E-state index contributed by atoms with van der Waals surface area (Å²) in [5, 5.41) is 3.77. The van der Waals surface area contributed by atoms with Gasteiger partial charge in [0, 0.05) is 36.8 Å². The number of fused-ring (bicyclic) bond motifs is 1. The molecule has 2 aromatic rings. The lowest BCUT2D eigenvalue weighted by Crippen LogP contribution is -2.31. The third-order valence-corrected chi connectivity index (χ3v) is 6.98. The SMILES string of the molecule is C[C@H]1Cc2cc(S(=O)(=O)N3CC[C@H](Nc4ccccc4)C3)cc(Cl)c2O1. The van der Waals surface area contributed by atoms with E-state index in [1.165, 1.54) is 10.4 Å². The molecule has 2 aromatic carbocycles. The molecule has 1 N–H and O–H groups in total. The molecule has 0 amide bonds. The first-order chi connectivity index (χ1) is 12.4. The normalized spacial score (nSPS) is 22.8. The molecule has 5 nitrogen and oxygen atoms in total. The van der Waals surface area contributed by atoms with Gasteiger partial charge in [-0.05, 0) is 37.6 Å². The van der Waals surface area contributed by atoms with Gasteiger partial charge in [0.1, 0.15) is 11.9 Å². The summed E-state index contributed by atoms with van der Waals surface area (Å²) in [6.45, 7) is 2.89. The quantitative estimate of drug-likeness (QED) is 0.864. The second-order valence-electron chi connectivity index (χ2n) is 6.88. The third-order valence-electron chi connectivity index (χ3n) is 4.85. The molecule has 0 spiro atoms. The number of anilines is 1. The van der Waals surface area contributed by atoms with Gasteiger partial charge in [-0.2, -0.15) is 4.31 Å². The van der Waals surface area contributed by atoms with Gasteiger partial charge in [-0.25, -0.2) is 8.42 Å². The van der Waals surface area contributed by atoms with Crippen molar-refractivity contribution in [1.82, 2.24) is 4.31 Å². The Morgan fingerprint density at radius 2 is 2.00 bits per heavy atom. The van der Waals surface area contributed by atoms with E-state index in [4.69, 9.17) is 16.3 Å². The number of benzene rings is 2.